The topological polar surface area (TPSA) is 67.3 Å². The van der Waals surface area contributed by atoms with E-state index >= 15 is 0 Å². The van der Waals surface area contributed by atoms with E-state index in [0.717, 1.165) is 12.8 Å². The third-order valence-corrected chi connectivity index (χ3v) is 2.48. The van der Waals surface area contributed by atoms with Crippen LogP contribution in [0.4, 0.5) is 0 Å². The molecule has 4 nitrogen and oxygen atoms in total. The summed E-state index contributed by atoms with van der Waals surface area (Å²) in [5, 5.41) is 8.92. The number of carbonyl (C=O) groups excluding carboxylic acids is 1. The summed E-state index contributed by atoms with van der Waals surface area (Å²) in [6, 6.07) is 1.56. The van der Waals surface area contributed by atoms with Crippen LogP contribution in [0.3, 0.4) is 0 Å². The van der Waals surface area contributed by atoms with E-state index in [2.05, 4.69) is 4.98 Å². The molecule has 0 aliphatic heterocycles. The molecule has 0 unspecified atom stereocenters. The molecule has 0 radical (unpaired) electrons. The fourth-order valence-corrected chi connectivity index (χ4v) is 1.50. The molecule has 0 aromatic carbocycles. The summed E-state index contributed by atoms with van der Waals surface area (Å²) >= 11 is 0. The first kappa shape index (κ1) is 9.83. The smallest absolute Gasteiger partial charge is 0.338 e. The number of nitrogens with zero attached hydrogens (tertiary/aromatic N) is 1. The van der Waals surface area contributed by atoms with E-state index < -0.39 is 5.97 Å². The third-order valence-electron chi connectivity index (χ3n) is 2.48. The van der Waals surface area contributed by atoms with Crippen LogP contribution in [0.1, 0.15) is 39.3 Å². The van der Waals surface area contributed by atoms with Crippen LogP contribution >= 0.6 is 0 Å². The number of pyridine rings is 1. The van der Waals surface area contributed by atoms with Crippen LogP contribution in [0.2, 0.25) is 0 Å². The number of hydrogen-bond donors (Lipinski definition) is 1. The van der Waals surface area contributed by atoms with Gasteiger partial charge in [-0.3, -0.25) is 9.78 Å². The Balaban J connectivity index is 2.46. The van der Waals surface area contributed by atoms with Gasteiger partial charge >= 0.3 is 5.97 Å². The molecule has 1 heterocycles. The molecule has 1 N–H and O–H groups in total. The highest BCUT2D eigenvalue weighted by atomic mass is 16.4. The lowest BCUT2D eigenvalue weighted by molar-refractivity contribution is 0.0691. The van der Waals surface area contributed by atoms with Crippen molar-refractivity contribution in [3.05, 3.63) is 29.1 Å². The van der Waals surface area contributed by atoms with Gasteiger partial charge in [0.15, 0.2) is 5.78 Å². The normalized spacial score (nSPS) is 15.0. The number of aromatic nitrogens is 1. The van der Waals surface area contributed by atoms with Gasteiger partial charge in [0.2, 0.25) is 0 Å². The van der Waals surface area contributed by atoms with Crippen molar-refractivity contribution in [3.63, 3.8) is 0 Å². The lowest BCUT2D eigenvalue weighted by Crippen LogP contribution is -2.11. The minimum Gasteiger partial charge on any atom is -0.478 e. The molecular weight excluding hydrogens is 194 g/mol. The molecule has 15 heavy (non-hydrogen) atoms. The standard InChI is InChI=1S/C11H11NO3/c1-6-4-8(10(13)7-2-3-7)9(5-12-6)11(14)15/h4-5,7H,2-3H2,1H3,(H,14,15). The summed E-state index contributed by atoms with van der Waals surface area (Å²) in [6.07, 6.45) is 3.01. The van der Waals surface area contributed by atoms with Gasteiger partial charge in [-0.15, -0.1) is 0 Å². The average molecular weight is 205 g/mol. The van der Waals surface area contributed by atoms with Gasteiger partial charge in [-0.05, 0) is 25.8 Å². The molecule has 0 atom stereocenters. The van der Waals surface area contributed by atoms with Crippen molar-refractivity contribution in [2.45, 2.75) is 19.8 Å². The molecule has 1 aliphatic carbocycles. The molecule has 78 valence electrons. The quantitative estimate of drug-likeness (QED) is 0.762. The predicted octanol–water partition coefficient (Wildman–Crippen LogP) is 1.68. The summed E-state index contributed by atoms with van der Waals surface area (Å²) in [5.74, 6) is -1.12. The number of aryl methyl sites for hydroxylation is 1. The van der Waals surface area contributed by atoms with Crippen LogP contribution in [-0.4, -0.2) is 21.8 Å². The minimum atomic E-state index is -1.09. The first-order valence-corrected chi connectivity index (χ1v) is 4.83. The Kier molecular flexibility index (Phi) is 2.26. The van der Waals surface area contributed by atoms with Crippen LogP contribution in [0, 0.1) is 12.8 Å². The molecule has 1 aromatic rings. The number of Topliss-reactive ketones (excluding diaryl/α,β-unsaturated/α-hetero) is 1. The van der Waals surface area contributed by atoms with Gasteiger partial charge in [-0.1, -0.05) is 0 Å². The maximum Gasteiger partial charge on any atom is 0.338 e. The van der Waals surface area contributed by atoms with Crippen molar-refractivity contribution in [1.82, 2.24) is 4.98 Å². The SMILES string of the molecule is Cc1cc(C(=O)C2CC2)c(C(=O)O)cn1. The van der Waals surface area contributed by atoms with Crippen molar-refractivity contribution in [3.8, 4) is 0 Å². The lowest BCUT2D eigenvalue weighted by Gasteiger charge is -2.04. The van der Waals surface area contributed by atoms with E-state index in [0.29, 0.717) is 11.3 Å². The van der Waals surface area contributed by atoms with E-state index in [-0.39, 0.29) is 17.3 Å². The van der Waals surface area contributed by atoms with Crippen molar-refractivity contribution in [2.75, 3.05) is 0 Å². The fraction of sp³-hybridized carbons (Fsp3) is 0.364. The molecule has 0 spiro atoms. The zero-order valence-electron chi connectivity index (χ0n) is 8.36. The van der Waals surface area contributed by atoms with Crippen molar-refractivity contribution in [2.24, 2.45) is 5.92 Å². The third kappa shape index (κ3) is 1.88. The van der Waals surface area contributed by atoms with Crippen molar-refractivity contribution in [1.29, 1.82) is 0 Å². The number of carbonyl (C=O) groups is 2. The van der Waals surface area contributed by atoms with Crippen molar-refractivity contribution >= 4 is 11.8 Å². The Bertz CT molecular complexity index is 435. The Morgan fingerprint density at radius 2 is 2.07 bits per heavy atom. The molecule has 4 heteroatoms. The summed E-state index contributed by atoms with van der Waals surface area (Å²) < 4.78 is 0. The number of rotatable bonds is 3. The molecule has 2 rings (SSSR count). The monoisotopic (exact) mass is 205 g/mol. The predicted molar refractivity (Wildman–Crippen MR) is 53.0 cm³/mol. The largest absolute Gasteiger partial charge is 0.478 e. The van der Waals surface area contributed by atoms with Gasteiger partial charge in [0.25, 0.3) is 0 Å². The summed E-state index contributed by atoms with van der Waals surface area (Å²) in [4.78, 5) is 26.6. The maximum absolute atomic E-state index is 11.8. The summed E-state index contributed by atoms with van der Waals surface area (Å²) in [6.45, 7) is 1.75. The van der Waals surface area contributed by atoms with E-state index in [4.69, 9.17) is 5.11 Å². The van der Waals surface area contributed by atoms with E-state index in [9.17, 15) is 9.59 Å². The lowest BCUT2D eigenvalue weighted by atomic mass is 10.0. The van der Waals surface area contributed by atoms with E-state index in [1.807, 2.05) is 0 Å². The first-order valence-electron chi connectivity index (χ1n) is 4.83. The van der Waals surface area contributed by atoms with E-state index in [1.54, 1.807) is 13.0 Å². The van der Waals surface area contributed by atoms with Crippen LogP contribution in [0.5, 0.6) is 0 Å². The Labute approximate surface area is 87.0 Å². The molecule has 0 saturated heterocycles. The highest BCUT2D eigenvalue weighted by Gasteiger charge is 2.32. The van der Waals surface area contributed by atoms with Gasteiger partial charge in [-0.2, -0.15) is 0 Å². The maximum atomic E-state index is 11.8. The zero-order chi connectivity index (χ0) is 11.0. The van der Waals surface area contributed by atoms with Crippen LogP contribution in [-0.2, 0) is 0 Å². The van der Waals surface area contributed by atoms with Gasteiger partial charge in [0, 0.05) is 23.4 Å². The number of hydrogen-bond acceptors (Lipinski definition) is 3. The number of carboxylic acids is 1. The molecule has 0 bridgehead atoms. The first-order chi connectivity index (χ1) is 7.09. The van der Waals surface area contributed by atoms with Gasteiger partial charge in [0.05, 0.1) is 5.56 Å². The second-order valence-electron chi connectivity index (χ2n) is 3.81. The fourth-order valence-electron chi connectivity index (χ4n) is 1.50. The summed E-state index contributed by atoms with van der Waals surface area (Å²) in [7, 11) is 0. The molecule has 0 amide bonds. The number of aromatic carboxylic acids is 1. The second-order valence-corrected chi connectivity index (χ2v) is 3.81. The highest BCUT2D eigenvalue weighted by Crippen LogP contribution is 2.33. The zero-order valence-corrected chi connectivity index (χ0v) is 8.36. The molecular formula is C11H11NO3. The Hall–Kier alpha value is -1.71. The second kappa shape index (κ2) is 3.46. The Morgan fingerprint density at radius 1 is 1.40 bits per heavy atom. The Morgan fingerprint density at radius 3 is 2.60 bits per heavy atom. The number of ketones is 1. The summed E-state index contributed by atoms with van der Waals surface area (Å²) in [5.41, 5.74) is 0.985. The molecule has 1 aliphatic rings. The molecule has 1 saturated carbocycles. The van der Waals surface area contributed by atoms with Gasteiger partial charge in [-0.25, -0.2) is 4.79 Å². The van der Waals surface area contributed by atoms with Crippen molar-refractivity contribution < 1.29 is 14.7 Å². The van der Waals surface area contributed by atoms with Crippen LogP contribution in [0.15, 0.2) is 12.3 Å². The van der Waals surface area contributed by atoms with Crippen LogP contribution < -0.4 is 0 Å². The highest BCUT2D eigenvalue weighted by molar-refractivity contribution is 6.07. The van der Waals surface area contributed by atoms with Crippen LogP contribution in [0.25, 0.3) is 0 Å². The van der Waals surface area contributed by atoms with E-state index in [1.165, 1.54) is 6.20 Å². The molecule has 1 fully saturated rings. The van der Waals surface area contributed by atoms with Gasteiger partial charge < -0.3 is 5.11 Å². The van der Waals surface area contributed by atoms with Gasteiger partial charge in [0.1, 0.15) is 0 Å². The number of carboxylic acid groups (broad SMARTS) is 1. The minimum absolute atomic E-state index is 0.0116. The molecule has 1 aromatic heterocycles. The average Bonchev–Trinajstić information content (AvgIpc) is 2.99.